The maximum Gasteiger partial charge on any atom is 0.227 e. The Morgan fingerprint density at radius 2 is 1.81 bits per heavy atom. The van der Waals surface area contributed by atoms with Crippen LogP contribution in [-0.2, 0) is 4.79 Å². The summed E-state index contributed by atoms with van der Waals surface area (Å²) >= 11 is 0. The van der Waals surface area contributed by atoms with Crippen LogP contribution in [0.5, 0.6) is 0 Å². The first-order valence-electron chi connectivity index (χ1n) is 9.00. The van der Waals surface area contributed by atoms with Gasteiger partial charge in [-0.2, -0.15) is 0 Å². The zero-order valence-corrected chi connectivity index (χ0v) is 14.9. The van der Waals surface area contributed by atoms with Crippen molar-refractivity contribution in [1.29, 1.82) is 0 Å². The van der Waals surface area contributed by atoms with E-state index in [1.807, 2.05) is 12.1 Å². The summed E-state index contributed by atoms with van der Waals surface area (Å²) in [4.78, 5) is 24.5. The molecule has 0 bridgehead atoms. The SMILES string of the molecule is CC(C)c1ccc(-c2cc(=O)c3cc(NC(=O)C4CC4)ccc3o2)cc1. The maximum absolute atomic E-state index is 12.6. The summed E-state index contributed by atoms with van der Waals surface area (Å²) < 4.78 is 5.94. The Bertz CT molecular complexity index is 1030. The molecule has 0 atom stereocenters. The lowest BCUT2D eigenvalue weighted by Gasteiger charge is -2.08. The molecular formula is C22H21NO3. The quantitative estimate of drug-likeness (QED) is 0.728. The molecular weight excluding hydrogens is 326 g/mol. The summed E-state index contributed by atoms with van der Waals surface area (Å²) in [6, 6.07) is 14.8. The molecule has 0 saturated heterocycles. The number of benzene rings is 2. The third-order valence-electron chi connectivity index (χ3n) is 4.80. The molecule has 1 aromatic heterocycles. The van der Waals surface area contributed by atoms with E-state index in [1.54, 1.807) is 18.2 Å². The molecule has 1 aliphatic carbocycles. The lowest BCUT2D eigenvalue weighted by Crippen LogP contribution is -2.13. The van der Waals surface area contributed by atoms with E-state index in [1.165, 1.54) is 11.6 Å². The Morgan fingerprint density at radius 1 is 1.08 bits per heavy atom. The van der Waals surface area contributed by atoms with Crippen molar-refractivity contribution < 1.29 is 9.21 Å². The van der Waals surface area contributed by atoms with Crippen molar-refractivity contribution >= 4 is 22.6 Å². The van der Waals surface area contributed by atoms with Crippen molar-refractivity contribution in [3.8, 4) is 11.3 Å². The fourth-order valence-corrected chi connectivity index (χ4v) is 3.00. The van der Waals surface area contributed by atoms with Gasteiger partial charge >= 0.3 is 0 Å². The first-order valence-corrected chi connectivity index (χ1v) is 9.00. The Hall–Kier alpha value is -2.88. The van der Waals surface area contributed by atoms with Gasteiger partial charge in [0.05, 0.1) is 5.39 Å². The fourth-order valence-electron chi connectivity index (χ4n) is 3.00. The Kier molecular flexibility index (Phi) is 4.11. The molecule has 132 valence electrons. The number of carbonyl (C=O) groups excluding carboxylic acids is 1. The standard InChI is InChI=1S/C22H21NO3/c1-13(2)14-3-5-15(6-4-14)21-12-19(24)18-11-17(9-10-20(18)26-21)23-22(25)16-7-8-16/h3-6,9-13,16H,7-8H2,1-2H3,(H,23,25). The number of anilines is 1. The van der Waals surface area contributed by atoms with Gasteiger partial charge in [-0.1, -0.05) is 38.1 Å². The Labute approximate surface area is 151 Å². The van der Waals surface area contributed by atoms with Gasteiger partial charge in [0.15, 0.2) is 5.43 Å². The third-order valence-corrected chi connectivity index (χ3v) is 4.80. The van der Waals surface area contributed by atoms with E-state index in [0.717, 1.165) is 18.4 Å². The van der Waals surface area contributed by atoms with Crippen LogP contribution in [0, 0.1) is 5.92 Å². The molecule has 4 nitrogen and oxygen atoms in total. The van der Waals surface area contributed by atoms with E-state index >= 15 is 0 Å². The van der Waals surface area contributed by atoms with Crippen LogP contribution in [-0.4, -0.2) is 5.91 Å². The molecule has 0 unspecified atom stereocenters. The van der Waals surface area contributed by atoms with Crippen LogP contribution in [0.2, 0.25) is 0 Å². The van der Waals surface area contributed by atoms with Crippen LogP contribution in [0.15, 0.2) is 57.7 Å². The number of hydrogen-bond acceptors (Lipinski definition) is 3. The predicted octanol–water partition coefficient (Wildman–Crippen LogP) is 4.93. The highest BCUT2D eigenvalue weighted by Gasteiger charge is 2.29. The van der Waals surface area contributed by atoms with Gasteiger partial charge in [-0.25, -0.2) is 0 Å². The molecule has 26 heavy (non-hydrogen) atoms. The number of nitrogens with one attached hydrogen (secondary N) is 1. The van der Waals surface area contributed by atoms with Gasteiger partial charge < -0.3 is 9.73 Å². The number of rotatable bonds is 4. The first kappa shape index (κ1) is 16.6. The molecule has 3 aromatic rings. The third kappa shape index (κ3) is 3.27. The lowest BCUT2D eigenvalue weighted by atomic mass is 10.0. The zero-order chi connectivity index (χ0) is 18.3. The molecule has 4 rings (SSSR count). The van der Waals surface area contributed by atoms with Crippen molar-refractivity contribution in [3.63, 3.8) is 0 Å². The summed E-state index contributed by atoms with van der Waals surface area (Å²) in [7, 11) is 0. The monoisotopic (exact) mass is 347 g/mol. The van der Waals surface area contributed by atoms with Crippen LogP contribution >= 0.6 is 0 Å². The summed E-state index contributed by atoms with van der Waals surface area (Å²) in [5.74, 6) is 1.15. The minimum Gasteiger partial charge on any atom is -0.456 e. The van der Waals surface area contributed by atoms with Crippen molar-refractivity contribution in [2.24, 2.45) is 5.92 Å². The zero-order valence-electron chi connectivity index (χ0n) is 14.9. The maximum atomic E-state index is 12.6. The highest BCUT2D eigenvalue weighted by molar-refractivity contribution is 5.96. The van der Waals surface area contributed by atoms with E-state index in [2.05, 4.69) is 31.3 Å². The van der Waals surface area contributed by atoms with Crippen LogP contribution in [0.25, 0.3) is 22.3 Å². The first-order chi connectivity index (χ1) is 12.5. The second-order valence-corrected chi connectivity index (χ2v) is 7.23. The minimum absolute atomic E-state index is 0.0237. The molecule has 2 aromatic carbocycles. The van der Waals surface area contributed by atoms with Gasteiger partial charge in [-0.05, 0) is 42.5 Å². The van der Waals surface area contributed by atoms with E-state index in [-0.39, 0.29) is 17.3 Å². The summed E-state index contributed by atoms with van der Waals surface area (Å²) in [5.41, 5.74) is 3.16. The van der Waals surface area contributed by atoms with Crippen LogP contribution in [0.1, 0.15) is 38.2 Å². The van der Waals surface area contributed by atoms with E-state index < -0.39 is 0 Å². The predicted molar refractivity (Wildman–Crippen MR) is 103 cm³/mol. The molecule has 0 aliphatic heterocycles. The molecule has 1 fully saturated rings. The molecule has 1 N–H and O–H groups in total. The van der Waals surface area contributed by atoms with Gasteiger partial charge in [0, 0.05) is 23.2 Å². The van der Waals surface area contributed by atoms with E-state index in [0.29, 0.717) is 28.3 Å². The van der Waals surface area contributed by atoms with E-state index in [9.17, 15) is 9.59 Å². The number of carbonyl (C=O) groups is 1. The molecule has 1 saturated carbocycles. The number of hydrogen-bond donors (Lipinski definition) is 1. The smallest absolute Gasteiger partial charge is 0.227 e. The molecule has 1 amide bonds. The van der Waals surface area contributed by atoms with Crippen molar-refractivity contribution in [3.05, 3.63) is 64.3 Å². The molecule has 4 heteroatoms. The highest BCUT2D eigenvalue weighted by Crippen LogP contribution is 2.31. The van der Waals surface area contributed by atoms with Gasteiger partial charge in [-0.3, -0.25) is 9.59 Å². The van der Waals surface area contributed by atoms with Crippen LogP contribution < -0.4 is 10.7 Å². The van der Waals surface area contributed by atoms with Crippen LogP contribution in [0.3, 0.4) is 0 Å². The largest absolute Gasteiger partial charge is 0.456 e. The van der Waals surface area contributed by atoms with Crippen molar-refractivity contribution in [1.82, 2.24) is 0 Å². The highest BCUT2D eigenvalue weighted by atomic mass is 16.3. The minimum atomic E-state index is -0.114. The summed E-state index contributed by atoms with van der Waals surface area (Å²) in [6.07, 6.45) is 1.89. The average Bonchev–Trinajstić information content (AvgIpc) is 3.47. The van der Waals surface area contributed by atoms with Crippen molar-refractivity contribution in [2.45, 2.75) is 32.6 Å². The molecule has 1 aliphatic rings. The lowest BCUT2D eigenvalue weighted by molar-refractivity contribution is -0.117. The fraction of sp³-hybridized carbons (Fsp3) is 0.273. The van der Waals surface area contributed by atoms with Gasteiger partial charge in [0.1, 0.15) is 11.3 Å². The summed E-state index contributed by atoms with van der Waals surface area (Å²) in [5, 5.41) is 3.34. The topological polar surface area (TPSA) is 59.3 Å². The summed E-state index contributed by atoms with van der Waals surface area (Å²) in [6.45, 7) is 4.29. The van der Waals surface area contributed by atoms with Gasteiger partial charge in [0.2, 0.25) is 5.91 Å². The normalized spacial score (nSPS) is 14.0. The Balaban J connectivity index is 1.67. The second kappa shape index (κ2) is 6.45. The number of fused-ring (bicyclic) bond motifs is 1. The van der Waals surface area contributed by atoms with Gasteiger partial charge in [-0.15, -0.1) is 0 Å². The molecule has 0 spiro atoms. The molecule has 0 radical (unpaired) electrons. The second-order valence-electron chi connectivity index (χ2n) is 7.23. The Morgan fingerprint density at radius 3 is 2.46 bits per heavy atom. The van der Waals surface area contributed by atoms with Crippen LogP contribution in [0.4, 0.5) is 5.69 Å². The van der Waals surface area contributed by atoms with Crippen molar-refractivity contribution in [2.75, 3.05) is 5.32 Å². The van der Waals surface area contributed by atoms with Gasteiger partial charge in [0.25, 0.3) is 0 Å². The molecule has 1 heterocycles. The average molecular weight is 347 g/mol. The number of amides is 1. The van der Waals surface area contributed by atoms with E-state index in [4.69, 9.17) is 4.42 Å².